The van der Waals surface area contributed by atoms with Crippen molar-refractivity contribution in [1.82, 2.24) is 15.3 Å². The molecule has 1 unspecified atom stereocenters. The van der Waals surface area contributed by atoms with Crippen molar-refractivity contribution in [3.8, 4) is 0 Å². The number of benzene rings is 1. The summed E-state index contributed by atoms with van der Waals surface area (Å²) in [7, 11) is 0. The zero-order chi connectivity index (χ0) is 25.6. The fraction of sp³-hybridized carbons (Fsp3) is 0.269. The van der Waals surface area contributed by atoms with Gasteiger partial charge in [0.05, 0.1) is 5.92 Å². The molecule has 1 aromatic carbocycles. The number of hydrogen-bond donors (Lipinski definition) is 1. The lowest BCUT2D eigenvalue weighted by Crippen LogP contribution is -2.24. The van der Waals surface area contributed by atoms with Crippen LogP contribution in [-0.2, 0) is 13.0 Å². The van der Waals surface area contributed by atoms with Crippen LogP contribution in [0.2, 0.25) is 10.2 Å². The molecule has 0 aliphatic heterocycles. The predicted molar refractivity (Wildman–Crippen MR) is 133 cm³/mol. The summed E-state index contributed by atoms with van der Waals surface area (Å²) in [5.41, 5.74) is 2.79. The molecule has 1 atom stereocenters. The standard InChI is InChI=1S/C26H24Cl2F3N3O/c1-3-4-17-10-20(12-21(27)11-17)22(26(29,30)31)7-5-18-9-16(2)24(33-13-18)25(35)34-15-19-6-8-23(28)32-14-19/h5-14,22H,3-4,15H2,1-2H3,(H,34,35)/b7-5+. The maximum atomic E-state index is 13.9. The van der Waals surface area contributed by atoms with E-state index in [1.54, 1.807) is 43.5 Å². The Bertz CT molecular complexity index is 1210. The third-order valence-corrected chi connectivity index (χ3v) is 5.71. The van der Waals surface area contributed by atoms with Gasteiger partial charge in [0.25, 0.3) is 5.91 Å². The van der Waals surface area contributed by atoms with Crippen LogP contribution in [0.1, 0.15) is 57.6 Å². The highest BCUT2D eigenvalue weighted by molar-refractivity contribution is 6.30. The Hall–Kier alpha value is -2.90. The van der Waals surface area contributed by atoms with E-state index >= 15 is 0 Å². The van der Waals surface area contributed by atoms with Crippen molar-refractivity contribution in [3.63, 3.8) is 0 Å². The second-order valence-electron chi connectivity index (χ2n) is 8.13. The molecule has 0 radical (unpaired) electrons. The Kier molecular flexibility index (Phi) is 8.92. The maximum Gasteiger partial charge on any atom is 0.399 e. The zero-order valence-corrected chi connectivity index (χ0v) is 20.7. The second kappa shape index (κ2) is 11.7. The van der Waals surface area contributed by atoms with E-state index in [0.717, 1.165) is 23.6 Å². The van der Waals surface area contributed by atoms with Crippen LogP contribution in [0.4, 0.5) is 13.2 Å². The lowest BCUT2D eigenvalue weighted by molar-refractivity contribution is -0.139. The summed E-state index contributed by atoms with van der Waals surface area (Å²) in [6.45, 7) is 3.87. The highest BCUT2D eigenvalue weighted by Gasteiger charge is 2.39. The van der Waals surface area contributed by atoms with Crippen LogP contribution in [0, 0.1) is 6.92 Å². The topological polar surface area (TPSA) is 54.9 Å². The SMILES string of the molecule is CCCc1cc(Cl)cc(C(/C=C/c2cnc(C(=O)NCc3ccc(Cl)nc3)c(C)c2)C(F)(F)F)c1. The summed E-state index contributed by atoms with van der Waals surface area (Å²) >= 11 is 11.8. The van der Waals surface area contributed by atoms with Crippen LogP contribution in [0.25, 0.3) is 6.08 Å². The van der Waals surface area contributed by atoms with Gasteiger partial charge in [0.1, 0.15) is 10.8 Å². The van der Waals surface area contributed by atoms with Crippen molar-refractivity contribution in [2.45, 2.75) is 45.3 Å². The number of halogens is 5. The van der Waals surface area contributed by atoms with Crippen LogP contribution in [0.5, 0.6) is 0 Å². The number of allylic oxidation sites excluding steroid dienone is 1. The van der Waals surface area contributed by atoms with Crippen LogP contribution in [0.15, 0.2) is 54.9 Å². The smallest absolute Gasteiger partial charge is 0.347 e. The van der Waals surface area contributed by atoms with Crippen LogP contribution in [0.3, 0.4) is 0 Å². The molecule has 3 rings (SSSR count). The first-order valence-corrected chi connectivity index (χ1v) is 11.7. The Balaban J connectivity index is 1.77. The summed E-state index contributed by atoms with van der Waals surface area (Å²) in [5.74, 6) is -2.23. The molecule has 0 fully saturated rings. The second-order valence-corrected chi connectivity index (χ2v) is 8.95. The highest BCUT2D eigenvalue weighted by atomic mass is 35.5. The number of carbonyl (C=O) groups is 1. The number of nitrogens with zero attached hydrogens (tertiary/aromatic N) is 2. The third kappa shape index (κ3) is 7.54. The van der Waals surface area contributed by atoms with E-state index in [2.05, 4.69) is 15.3 Å². The van der Waals surface area contributed by atoms with E-state index in [1.165, 1.54) is 18.3 Å². The molecule has 35 heavy (non-hydrogen) atoms. The minimum Gasteiger partial charge on any atom is -0.347 e. The molecule has 0 aliphatic carbocycles. The van der Waals surface area contributed by atoms with E-state index < -0.39 is 18.0 Å². The summed E-state index contributed by atoms with van der Waals surface area (Å²) in [6.07, 6.45) is 2.32. The van der Waals surface area contributed by atoms with Gasteiger partial charge in [-0.25, -0.2) is 4.98 Å². The fourth-order valence-electron chi connectivity index (χ4n) is 3.61. The molecule has 2 heterocycles. The van der Waals surface area contributed by atoms with Crippen molar-refractivity contribution >= 4 is 35.2 Å². The van der Waals surface area contributed by atoms with E-state index in [9.17, 15) is 18.0 Å². The normalized spacial score (nSPS) is 12.7. The van der Waals surface area contributed by atoms with E-state index in [-0.39, 0.29) is 22.8 Å². The maximum absolute atomic E-state index is 13.9. The first-order chi connectivity index (χ1) is 16.6. The van der Waals surface area contributed by atoms with Crippen molar-refractivity contribution in [1.29, 1.82) is 0 Å². The van der Waals surface area contributed by atoms with Gasteiger partial charge in [0.15, 0.2) is 0 Å². The van der Waals surface area contributed by atoms with E-state index in [1.807, 2.05) is 6.92 Å². The molecule has 4 nitrogen and oxygen atoms in total. The predicted octanol–water partition coefficient (Wildman–Crippen LogP) is 7.33. The Morgan fingerprint density at radius 3 is 2.49 bits per heavy atom. The van der Waals surface area contributed by atoms with Crippen molar-refractivity contribution in [2.24, 2.45) is 0 Å². The first kappa shape index (κ1) is 26.7. The molecular weight excluding hydrogens is 498 g/mol. The van der Waals surface area contributed by atoms with Crippen molar-refractivity contribution < 1.29 is 18.0 Å². The largest absolute Gasteiger partial charge is 0.399 e. The number of aryl methyl sites for hydroxylation is 2. The van der Waals surface area contributed by atoms with Crippen LogP contribution >= 0.6 is 23.2 Å². The number of rotatable bonds is 8. The molecule has 3 aromatic rings. The van der Waals surface area contributed by atoms with E-state index in [0.29, 0.717) is 22.7 Å². The van der Waals surface area contributed by atoms with Gasteiger partial charge in [0.2, 0.25) is 0 Å². The molecular formula is C26H24Cl2F3N3O. The van der Waals surface area contributed by atoms with Gasteiger partial charge in [-0.3, -0.25) is 9.78 Å². The third-order valence-electron chi connectivity index (χ3n) is 5.27. The van der Waals surface area contributed by atoms with Gasteiger partial charge in [0, 0.05) is 24.0 Å². The van der Waals surface area contributed by atoms with Gasteiger partial charge < -0.3 is 5.32 Å². The molecule has 0 saturated heterocycles. The first-order valence-electron chi connectivity index (χ1n) is 11.0. The monoisotopic (exact) mass is 521 g/mol. The summed E-state index contributed by atoms with van der Waals surface area (Å²) < 4.78 is 41.6. The molecule has 1 amide bonds. The number of hydrogen-bond acceptors (Lipinski definition) is 3. The van der Waals surface area contributed by atoms with Gasteiger partial charge >= 0.3 is 6.18 Å². The zero-order valence-electron chi connectivity index (χ0n) is 19.2. The number of aromatic nitrogens is 2. The van der Waals surface area contributed by atoms with Gasteiger partial charge in [-0.1, -0.05) is 60.8 Å². The van der Waals surface area contributed by atoms with E-state index in [4.69, 9.17) is 23.2 Å². The molecule has 0 aliphatic rings. The average Bonchev–Trinajstić information content (AvgIpc) is 2.78. The highest BCUT2D eigenvalue weighted by Crippen LogP contribution is 2.38. The quantitative estimate of drug-likeness (QED) is 0.315. The number of pyridine rings is 2. The van der Waals surface area contributed by atoms with Crippen LogP contribution < -0.4 is 5.32 Å². The Morgan fingerprint density at radius 1 is 1.09 bits per heavy atom. The lowest BCUT2D eigenvalue weighted by Gasteiger charge is -2.18. The molecule has 0 bridgehead atoms. The van der Waals surface area contributed by atoms with Crippen molar-refractivity contribution in [2.75, 3.05) is 0 Å². The minimum atomic E-state index is -4.50. The summed E-state index contributed by atoms with van der Waals surface area (Å²) in [5, 5.41) is 3.37. The number of amides is 1. The van der Waals surface area contributed by atoms with Gasteiger partial charge in [-0.05, 0) is 65.4 Å². The number of alkyl halides is 3. The molecule has 184 valence electrons. The summed E-state index contributed by atoms with van der Waals surface area (Å²) in [4.78, 5) is 20.6. The van der Waals surface area contributed by atoms with Gasteiger partial charge in [-0.15, -0.1) is 0 Å². The molecule has 0 spiro atoms. The molecule has 1 N–H and O–H groups in total. The van der Waals surface area contributed by atoms with Crippen LogP contribution in [-0.4, -0.2) is 22.1 Å². The minimum absolute atomic E-state index is 0.0852. The molecule has 2 aromatic heterocycles. The lowest BCUT2D eigenvalue weighted by atomic mass is 9.94. The molecule has 9 heteroatoms. The average molecular weight is 522 g/mol. The van der Waals surface area contributed by atoms with Crippen molar-refractivity contribution in [3.05, 3.63) is 98.6 Å². The Morgan fingerprint density at radius 2 is 1.86 bits per heavy atom. The Labute approximate surface area is 212 Å². The fourth-order valence-corrected chi connectivity index (χ4v) is 3.98. The van der Waals surface area contributed by atoms with Gasteiger partial charge in [-0.2, -0.15) is 13.2 Å². The summed E-state index contributed by atoms with van der Waals surface area (Å²) in [6, 6.07) is 9.56. The molecule has 0 saturated carbocycles. The number of nitrogens with one attached hydrogen (secondary N) is 1. The number of carbonyl (C=O) groups excluding carboxylic acids is 1.